The van der Waals surface area contributed by atoms with Gasteiger partial charge >= 0.3 is 5.69 Å². The van der Waals surface area contributed by atoms with Gasteiger partial charge in [-0.3, -0.25) is 28.6 Å². The van der Waals surface area contributed by atoms with Crippen molar-refractivity contribution < 1.29 is 4.92 Å². The van der Waals surface area contributed by atoms with Crippen molar-refractivity contribution in [1.29, 1.82) is 0 Å². The number of imidazole rings is 1. The summed E-state index contributed by atoms with van der Waals surface area (Å²) in [6.45, 7) is 4.18. The first-order valence-electron chi connectivity index (χ1n) is 9.92. The van der Waals surface area contributed by atoms with Crippen molar-refractivity contribution in [3.63, 3.8) is 0 Å². The summed E-state index contributed by atoms with van der Waals surface area (Å²) in [5, 5.41) is 10.9. The third-order valence-electron chi connectivity index (χ3n) is 5.88. The van der Waals surface area contributed by atoms with Gasteiger partial charge in [-0.2, -0.15) is 4.98 Å². The van der Waals surface area contributed by atoms with Crippen LogP contribution in [0, 0.1) is 16.0 Å². The number of non-ortho nitro benzene ring substituents is 1. The second-order valence-corrected chi connectivity index (χ2v) is 7.97. The van der Waals surface area contributed by atoms with Gasteiger partial charge in [0.15, 0.2) is 11.2 Å². The lowest BCUT2D eigenvalue weighted by Gasteiger charge is -2.31. The maximum atomic E-state index is 13.0. The molecule has 3 aromatic rings. The first-order valence-corrected chi connectivity index (χ1v) is 9.92. The van der Waals surface area contributed by atoms with Gasteiger partial charge in [-0.15, -0.1) is 0 Å². The quantitative estimate of drug-likeness (QED) is 0.476. The van der Waals surface area contributed by atoms with E-state index in [0.29, 0.717) is 29.6 Å². The monoisotopic (exact) mass is 412 g/mol. The predicted octanol–water partition coefficient (Wildman–Crippen LogP) is 1.63. The predicted molar refractivity (Wildman–Crippen MR) is 113 cm³/mol. The minimum Gasteiger partial charge on any atom is -0.342 e. The van der Waals surface area contributed by atoms with Gasteiger partial charge in [-0.1, -0.05) is 19.1 Å². The number of nitro groups is 1. The molecule has 30 heavy (non-hydrogen) atoms. The zero-order valence-electron chi connectivity index (χ0n) is 17.2. The molecule has 0 saturated carbocycles. The van der Waals surface area contributed by atoms with Gasteiger partial charge in [-0.05, 0) is 24.3 Å². The highest BCUT2D eigenvalue weighted by molar-refractivity contribution is 5.74. The smallest absolute Gasteiger partial charge is 0.332 e. The minimum absolute atomic E-state index is 0.0118. The van der Waals surface area contributed by atoms with E-state index in [1.807, 2.05) is 4.57 Å². The van der Waals surface area contributed by atoms with Crippen LogP contribution in [-0.4, -0.2) is 36.7 Å². The Kier molecular flexibility index (Phi) is 4.92. The number of nitrogens with zero attached hydrogens (tertiary/aromatic N) is 6. The Morgan fingerprint density at radius 3 is 2.33 bits per heavy atom. The summed E-state index contributed by atoms with van der Waals surface area (Å²) in [6.07, 6.45) is 2.05. The largest absolute Gasteiger partial charge is 0.342 e. The van der Waals surface area contributed by atoms with Crippen LogP contribution < -0.4 is 16.1 Å². The van der Waals surface area contributed by atoms with Gasteiger partial charge < -0.3 is 4.90 Å². The normalized spacial score (nSPS) is 15.1. The van der Waals surface area contributed by atoms with E-state index in [9.17, 15) is 19.7 Å². The van der Waals surface area contributed by atoms with Crippen molar-refractivity contribution in [3.05, 3.63) is 60.8 Å². The fourth-order valence-corrected chi connectivity index (χ4v) is 3.94. The lowest BCUT2D eigenvalue weighted by molar-refractivity contribution is -0.384. The summed E-state index contributed by atoms with van der Waals surface area (Å²) < 4.78 is 4.30. The molecular weight excluding hydrogens is 388 g/mol. The number of aromatic nitrogens is 4. The molecule has 4 rings (SSSR count). The van der Waals surface area contributed by atoms with E-state index in [2.05, 4.69) is 11.8 Å². The molecule has 0 N–H and O–H groups in total. The second-order valence-electron chi connectivity index (χ2n) is 7.97. The number of aryl methyl sites for hydroxylation is 1. The summed E-state index contributed by atoms with van der Waals surface area (Å²) in [5.74, 6) is 1.28. The molecule has 158 valence electrons. The van der Waals surface area contributed by atoms with E-state index < -0.39 is 16.2 Å². The molecule has 3 heterocycles. The topological polar surface area (TPSA) is 108 Å². The molecule has 10 heteroatoms. The molecule has 10 nitrogen and oxygen atoms in total. The Morgan fingerprint density at radius 1 is 1.10 bits per heavy atom. The fraction of sp³-hybridized carbons (Fsp3) is 0.450. The maximum Gasteiger partial charge on any atom is 0.332 e. The zero-order valence-corrected chi connectivity index (χ0v) is 17.2. The number of nitro benzene ring substituents is 1. The van der Waals surface area contributed by atoms with Crippen LogP contribution in [0.2, 0.25) is 0 Å². The van der Waals surface area contributed by atoms with E-state index in [1.165, 1.54) is 23.7 Å². The van der Waals surface area contributed by atoms with Gasteiger partial charge in [0.05, 0.1) is 11.5 Å². The van der Waals surface area contributed by atoms with Crippen LogP contribution >= 0.6 is 0 Å². The Hall–Kier alpha value is -3.43. The summed E-state index contributed by atoms with van der Waals surface area (Å²) in [6, 6.07) is 6.26. The molecule has 1 aliphatic rings. The van der Waals surface area contributed by atoms with Crippen LogP contribution in [0.3, 0.4) is 0 Å². The SMILES string of the molecule is CC1CCN(c2nc3c(c(=O)n(C)c(=O)n3C)n2Cc2ccc([N+](=O)[O-])cc2)CC1. The first kappa shape index (κ1) is 19.9. The Labute approximate surface area is 172 Å². The third kappa shape index (κ3) is 3.27. The number of rotatable bonds is 4. The van der Waals surface area contributed by atoms with Gasteiger partial charge in [0.25, 0.3) is 11.2 Å². The number of anilines is 1. The summed E-state index contributed by atoms with van der Waals surface area (Å²) in [7, 11) is 3.06. The number of fused-ring (bicyclic) bond motifs is 1. The Morgan fingerprint density at radius 2 is 1.73 bits per heavy atom. The van der Waals surface area contributed by atoms with E-state index in [1.54, 1.807) is 19.2 Å². The van der Waals surface area contributed by atoms with Crippen LogP contribution in [0.5, 0.6) is 0 Å². The third-order valence-corrected chi connectivity index (χ3v) is 5.88. The summed E-state index contributed by atoms with van der Waals surface area (Å²) in [5.41, 5.74) is 0.691. The summed E-state index contributed by atoms with van der Waals surface area (Å²) >= 11 is 0. The molecule has 0 aliphatic carbocycles. The van der Waals surface area contributed by atoms with Crippen molar-refractivity contribution in [3.8, 4) is 0 Å². The average molecular weight is 412 g/mol. The lowest BCUT2D eigenvalue weighted by atomic mass is 10.00. The number of hydrogen-bond donors (Lipinski definition) is 0. The highest BCUT2D eigenvalue weighted by atomic mass is 16.6. The Balaban J connectivity index is 1.88. The molecule has 1 aromatic carbocycles. The van der Waals surface area contributed by atoms with Gasteiger partial charge in [0, 0.05) is 39.3 Å². The van der Waals surface area contributed by atoms with Crippen LogP contribution in [0.15, 0.2) is 33.9 Å². The van der Waals surface area contributed by atoms with Crippen molar-refractivity contribution in [2.45, 2.75) is 26.3 Å². The Bertz CT molecular complexity index is 1230. The first-order chi connectivity index (χ1) is 14.3. The molecule has 2 aromatic heterocycles. The van der Waals surface area contributed by atoms with Crippen molar-refractivity contribution in [2.24, 2.45) is 20.0 Å². The lowest BCUT2D eigenvalue weighted by Crippen LogP contribution is -2.38. The van der Waals surface area contributed by atoms with Crippen molar-refractivity contribution in [1.82, 2.24) is 18.7 Å². The number of hydrogen-bond acceptors (Lipinski definition) is 6. The molecule has 0 unspecified atom stereocenters. The molecular formula is C20H24N6O4. The van der Waals surface area contributed by atoms with Crippen LogP contribution in [0.1, 0.15) is 25.3 Å². The van der Waals surface area contributed by atoms with Gasteiger partial charge in [-0.25, -0.2) is 4.79 Å². The molecule has 1 aliphatic heterocycles. The highest BCUT2D eigenvalue weighted by Gasteiger charge is 2.25. The van der Waals surface area contributed by atoms with Crippen molar-refractivity contribution in [2.75, 3.05) is 18.0 Å². The highest BCUT2D eigenvalue weighted by Crippen LogP contribution is 2.26. The average Bonchev–Trinajstić information content (AvgIpc) is 3.11. The van der Waals surface area contributed by atoms with E-state index in [4.69, 9.17) is 4.98 Å². The van der Waals surface area contributed by atoms with Crippen LogP contribution in [0.25, 0.3) is 11.2 Å². The van der Waals surface area contributed by atoms with Crippen molar-refractivity contribution >= 4 is 22.8 Å². The fourth-order valence-electron chi connectivity index (χ4n) is 3.94. The molecule has 0 amide bonds. The summed E-state index contributed by atoms with van der Waals surface area (Å²) in [4.78, 5) is 42.7. The standard InChI is InChI=1S/C20H24N6O4/c1-13-8-10-24(11-9-13)19-21-17-16(18(27)23(3)20(28)22(17)2)25(19)12-14-4-6-15(7-5-14)26(29)30/h4-7,13H,8-12H2,1-3H3. The molecule has 0 atom stereocenters. The number of benzene rings is 1. The molecule has 0 radical (unpaired) electrons. The van der Waals surface area contributed by atoms with Gasteiger partial charge in [0.2, 0.25) is 5.95 Å². The second kappa shape index (κ2) is 7.43. The minimum atomic E-state index is -0.442. The van der Waals surface area contributed by atoms with Crippen LogP contribution in [-0.2, 0) is 20.6 Å². The number of piperidine rings is 1. The molecule has 1 fully saturated rings. The van der Waals surface area contributed by atoms with E-state index in [0.717, 1.165) is 36.1 Å². The van der Waals surface area contributed by atoms with Crippen LogP contribution in [0.4, 0.5) is 11.6 Å². The molecule has 0 bridgehead atoms. The van der Waals surface area contributed by atoms with E-state index >= 15 is 0 Å². The van der Waals surface area contributed by atoms with Gasteiger partial charge in [0.1, 0.15) is 0 Å². The molecule has 0 spiro atoms. The zero-order chi connectivity index (χ0) is 21.6. The van der Waals surface area contributed by atoms with E-state index in [-0.39, 0.29) is 5.69 Å². The maximum absolute atomic E-state index is 13.0. The molecule has 1 saturated heterocycles.